The molecule has 0 atom stereocenters. The van der Waals surface area contributed by atoms with E-state index in [0.29, 0.717) is 6.42 Å². The van der Waals surface area contributed by atoms with Gasteiger partial charge in [0.25, 0.3) is 0 Å². The Kier molecular flexibility index (Phi) is 9.60. The lowest BCUT2D eigenvalue weighted by Gasteiger charge is -2.32. The summed E-state index contributed by atoms with van der Waals surface area (Å²) < 4.78 is 6.50. The number of carbonyl (C=O) groups is 1. The quantitative estimate of drug-likeness (QED) is 0.480. The van der Waals surface area contributed by atoms with Gasteiger partial charge >= 0.3 is 0 Å². The highest BCUT2D eigenvalue weighted by atomic mass is 16.5. The molecule has 0 saturated carbocycles. The molecular weight excluding hydrogens is 386 g/mol. The SMILES string of the molecule is CCCCc1cc(OC2CCN(CCCCCNC(=O)CC)CC2)c2ncccc2c1. The van der Waals surface area contributed by atoms with Gasteiger partial charge in [0.05, 0.1) is 0 Å². The third kappa shape index (κ3) is 7.49. The number of amides is 1. The molecule has 1 aliphatic heterocycles. The summed E-state index contributed by atoms with van der Waals surface area (Å²) in [6.45, 7) is 8.27. The summed E-state index contributed by atoms with van der Waals surface area (Å²) in [5, 5.41) is 4.13. The van der Waals surface area contributed by atoms with Crippen LogP contribution in [0.3, 0.4) is 0 Å². The zero-order valence-corrected chi connectivity index (χ0v) is 19.4. The van der Waals surface area contributed by atoms with Crippen molar-refractivity contribution >= 4 is 16.8 Å². The Morgan fingerprint density at radius 3 is 2.77 bits per heavy atom. The molecule has 2 aromatic rings. The van der Waals surface area contributed by atoms with Crippen LogP contribution < -0.4 is 10.1 Å². The number of benzene rings is 1. The maximum absolute atomic E-state index is 11.3. The summed E-state index contributed by atoms with van der Waals surface area (Å²) >= 11 is 0. The van der Waals surface area contributed by atoms with Crippen molar-refractivity contribution in [2.24, 2.45) is 0 Å². The fourth-order valence-corrected chi connectivity index (χ4v) is 4.25. The van der Waals surface area contributed by atoms with Crippen LogP contribution in [-0.2, 0) is 11.2 Å². The molecule has 31 heavy (non-hydrogen) atoms. The van der Waals surface area contributed by atoms with Crippen LogP contribution in [0.5, 0.6) is 5.75 Å². The Morgan fingerprint density at radius 2 is 2.00 bits per heavy atom. The number of aromatic nitrogens is 1. The summed E-state index contributed by atoms with van der Waals surface area (Å²) in [5.41, 5.74) is 2.34. The van der Waals surface area contributed by atoms with Gasteiger partial charge in [-0.25, -0.2) is 0 Å². The largest absolute Gasteiger partial charge is 0.488 e. The van der Waals surface area contributed by atoms with Gasteiger partial charge in [0.2, 0.25) is 5.91 Å². The Labute approximate surface area is 187 Å². The second-order valence-corrected chi connectivity index (χ2v) is 8.70. The van der Waals surface area contributed by atoms with Crippen LogP contribution >= 0.6 is 0 Å². The first-order chi connectivity index (χ1) is 15.2. The molecule has 3 rings (SSSR count). The first kappa shape index (κ1) is 23.5. The lowest BCUT2D eigenvalue weighted by atomic mass is 10.0. The molecule has 0 aliphatic carbocycles. The third-order valence-electron chi connectivity index (χ3n) is 6.17. The number of rotatable bonds is 12. The van der Waals surface area contributed by atoms with E-state index >= 15 is 0 Å². The smallest absolute Gasteiger partial charge is 0.219 e. The molecule has 5 heteroatoms. The molecule has 1 saturated heterocycles. The van der Waals surface area contributed by atoms with Crippen molar-refractivity contribution in [2.75, 3.05) is 26.2 Å². The first-order valence-corrected chi connectivity index (χ1v) is 12.2. The zero-order chi connectivity index (χ0) is 21.9. The van der Waals surface area contributed by atoms with Gasteiger partial charge in [-0.1, -0.05) is 32.8 Å². The van der Waals surface area contributed by atoms with Crippen molar-refractivity contribution in [2.45, 2.75) is 77.7 Å². The highest BCUT2D eigenvalue weighted by Gasteiger charge is 2.21. The van der Waals surface area contributed by atoms with Crippen molar-refractivity contribution in [3.8, 4) is 5.75 Å². The summed E-state index contributed by atoms with van der Waals surface area (Å²) in [6.07, 6.45) is 11.8. The van der Waals surface area contributed by atoms with Gasteiger partial charge in [-0.3, -0.25) is 9.78 Å². The number of hydrogen-bond donors (Lipinski definition) is 1. The van der Waals surface area contributed by atoms with Gasteiger partial charge in [-0.2, -0.15) is 0 Å². The van der Waals surface area contributed by atoms with Crippen LogP contribution in [0.4, 0.5) is 0 Å². The van der Waals surface area contributed by atoms with E-state index in [1.807, 2.05) is 19.2 Å². The second kappa shape index (κ2) is 12.7. The number of carbonyl (C=O) groups excluding carboxylic acids is 1. The van der Waals surface area contributed by atoms with E-state index < -0.39 is 0 Å². The lowest BCUT2D eigenvalue weighted by Crippen LogP contribution is -2.38. The molecule has 170 valence electrons. The maximum Gasteiger partial charge on any atom is 0.219 e. The van der Waals surface area contributed by atoms with Gasteiger partial charge in [-0.15, -0.1) is 0 Å². The van der Waals surface area contributed by atoms with Gasteiger partial charge in [0.15, 0.2) is 0 Å². The van der Waals surface area contributed by atoms with Gasteiger partial charge in [0, 0.05) is 37.6 Å². The molecule has 0 radical (unpaired) electrons. The molecule has 1 aliphatic rings. The minimum atomic E-state index is 0.154. The van der Waals surface area contributed by atoms with Crippen LogP contribution in [0.15, 0.2) is 30.5 Å². The number of piperidine rings is 1. The Bertz CT molecular complexity index is 815. The van der Waals surface area contributed by atoms with E-state index in [-0.39, 0.29) is 12.0 Å². The predicted molar refractivity (Wildman–Crippen MR) is 128 cm³/mol. The number of nitrogens with zero attached hydrogens (tertiary/aromatic N) is 2. The highest BCUT2D eigenvalue weighted by molar-refractivity contribution is 5.85. The van der Waals surface area contributed by atoms with E-state index in [0.717, 1.165) is 63.1 Å². The third-order valence-corrected chi connectivity index (χ3v) is 6.17. The summed E-state index contributed by atoms with van der Waals surface area (Å²) in [6, 6.07) is 8.63. The van der Waals surface area contributed by atoms with Crippen LogP contribution in [-0.4, -0.2) is 48.1 Å². The average molecular weight is 426 g/mol. The molecule has 0 spiro atoms. The Balaban J connectivity index is 1.44. The molecule has 0 unspecified atom stereocenters. The number of fused-ring (bicyclic) bond motifs is 1. The van der Waals surface area contributed by atoms with Crippen molar-refractivity contribution in [1.82, 2.24) is 15.2 Å². The van der Waals surface area contributed by atoms with Crippen LogP contribution in [0, 0.1) is 0 Å². The standard InChI is InChI=1S/C26H39N3O2/c1-3-5-10-21-19-22-11-9-15-28-26(22)24(20-21)31-23-12-17-29(18-13-23)16-8-6-7-14-27-25(30)4-2/h9,11,15,19-20,23H,3-8,10,12-14,16-18H2,1-2H3,(H,27,30). The van der Waals surface area contributed by atoms with Crippen molar-refractivity contribution in [3.63, 3.8) is 0 Å². The molecule has 1 aromatic heterocycles. The molecule has 1 amide bonds. The average Bonchev–Trinajstić information content (AvgIpc) is 2.80. The van der Waals surface area contributed by atoms with E-state index in [2.05, 4.69) is 40.3 Å². The van der Waals surface area contributed by atoms with Crippen LogP contribution in [0.25, 0.3) is 10.9 Å². The first-order valence-electron chi connectivity index (χ1n) is 12.2. The van der Waals surface area contributed by atoms with Gasteiger partial charge < -0.3 is 15.0 Å². The van der Waals surface area contributed by atoms with E-state index in [9.17, 15) is 4.79 Å². The number of ether oxygens (including phenoxy) is 1. The predicted octanol–water partition coefficient (Wildman–Crippen LogP) is 5.12. The van der Waals surface area contributed by atoms with Crippen molar-refractivity contribution < 1.29 is 9.53 Å². The number of pyridine rings is 1. The van der Waals surface area contributed by atoms with Crippen LogP contribution in [0.1, 0.15) is 70.8 Å². The number of hydrogen-bond acceptors (Lipinski definition) is 4. The Morgan fingerprint density at radius 1 is 1.16 bits per heavy atom. The summed E-state index contributed by atoms with van der Waals surface area (Å²) in [7, 11) is 0. The molecule has 1 N–H and O–H groups in total. The lowest BCUT2D eigenvalue weighted by molar-refractivity contribution is -0.120. The molecular formula is C26H39N3O2. The topological polar surface area (TPSA) is 54.5 Å². The van der Waals surface area contributed by atoms with Crippen molar-refractivity contribution in [3.05, 3.63) is 36.0 Å². The molecule has 5 nitrogen and oxygen atoms in total. The van der Waals surface area contributed by atoms with Gasteiger partial charge in [-0.05, 0) is 68.8 Å². The molecule has 1 fully saturated rings. The monoisotopic (exact) mass is 425 g/mol. The fraction of sp³-hybridized carbons (Fsp3) is 0.615. The number of nitrogens with one attached hydrogen (secondary N) is 1. The fourth-order valence-electron chi connectivity index (χ4n) is 4.25. The summed E-state index contributed by atoms with van der Waals surface area (Å²) in [5.74, 6) is 1.11. The molecule has 0 bridgehead atoms. The zero-order valence-electron chi connectivity index (χ0n) is 19.4. The van der Waals surface area contributed by atoms with Crippen molar-refractivity contribution in [1.29, 1.82) is 0 Å². The minimum Gasteiger partial charge on any atom is -0.488 e. The minimum absolute atomic E-state index is 0.154. The summed E-state index contributed by atoms with van der Waals surface area (Å²) in [4.78, 5) is 18.4. The molecule has 1 aromatic carbocycles. The second-order valence-electron chi connectivity index (χ2n) is 8.70. The number of unbranched alkanes of at least 4 members (excludes halogenated alkanes) is 3. The molecule has 2 heterocycles. The maximum atomic E-state index is 11.3. The normalized spacial score (nSPS) is 15.3. The van der Waals surface area contributed by atoms with Crippen LogP contribution in [0.2, 0.25) is 0 Å². The highest BCUT2D eigenvalue weighted by Crippen LogP contribution is 2.29. The van der Waals surface area contributed by atoms with Gasteiger partial charge in [0.1, 0.15) is 17.4 Å². The number of aryl methyl sites for hydroxylation is 1. The Hall–Kier alpha value is -2.14. The number of likely N-dealkylation sites (tertiary alicyclic amines) is 1. The van der Waals surface area contributed by atoms with E-state index in [1.165, 1.54) is 36.6 Å². The van der Waals surface area contributed by atoms with E-state index in [4.69, 9.17) is 4.74 Å². The van der Waals surface area contributed by atoms with E-state index in [1.54, 1.807) is 0 Å².